The summed E-state index contributed by atoms with van der Waals surface area (Å²) in [5.41, 5.74) is 2.59. The Balaban J connectivity index is 1.65. The predicted octanol–water partition coefficient (Wildman–Crippen LogP) is 3.92. The van der Waals surface area contributed by atoms with E-state index in [-0.39, 0.29) is 0 Å². The van der Waals surface area contributed by atoms with Gasteiger partial charge >= 0.3 is 0 Å². The zero-order chi connectivity index (χ0) is 13.1. The Morgan fingerprint density at radius 2 is 1.89 bits per heavy atom. The second-order valence-electron chi connectivity index (χ2n) is 5.29. The quantitative estimate of drug-likeness (QED) is 0.911. The van der Waals surface area contributed by atoms with E-state index in [0.29, 0.717) is 6.04 Å². The van der Waals surface area contributed by atoms with E-state index in [4.69, 9.17) is 0 Å². The van der Waals surface area contributed by atoms with E-state index in [1.54, 1.807) is 0 Å². The molecule has 2 heterocycles. The lowest BCUT2D eigenvalue weighted by atomic mass is 10.1. The molecule has 1 saturated heterocycles. The fourth-order valence-corrected chi connectivity index (χ4v) is 3.41. The maximum Gasteiger partial charge on any atom is 0.0457 e. The van der Waals surface area contributed by atoms with E-state index in [1.807, 2.05) is 11.3 Å². The highest BCUT2D eigenvalue weighted by molar-refractivity contribution is 7.14. The normalized spacial score (nSPS) is 17.5. The SMILES string of the molecule is CN1CCC(Nc2csc(-c3ccccc3)c2)CC1. The van der Waals surface area contributed by atoms with Crippen LogP contribution in [0.3, 0.4) is 0 Å². The van der Waals surface area contributed by atoms with E-state index in [0.717, 1.165) is 0 Å². The molecule has 0 radical (unpaired) electrons. The molecule has 0 saturated carbocycles. The topological polar surface area (TPSA) is 15.3 Å². The van der Waals surface area contributed by atoms with Crippen LogP contribution >= 0.6 is 11.3 Å². The molecule has 0 atom stereocenters. The molecule has 0 amide bonds. The van der Waals surface area contributed by atoms with Crippen molar-refractivity contribution in [2.75, 3.05) is 25.5 Å². The van der Waals surface area contributed by atoms with Gasteiger partial charge < -0.3 is 10.2 Å². The van der Waals surface area contributed by atoms with Crippen LogP contribution in [-0.4, -0.2) is 31.1 Å². The Morgan fingerprint density at radius 1 is 1.16 bits per heavy atom. The molecule has 19 heavy (non-hydrogen) atoms. The second kappa shape index (κ2) is 5.76. The van der Waals surface area contributed by atoms with Crippen molar-refractivity contribution in [3.05, 3.63) is 41.8 Å². The summed E-state index contributed by atoms with van der Waals surface area (Å²) in [6, 6.07) is 13.5. The number of rotatable bonds is 3. The van der Waals surface area contributed by atoms with E-state index in [1.165, 1.54) is 42.1 Å². The van der Waals surface area contributed by atoms with Crippen LogP contribution in [-0.2, 0) is 0 Å². The summed E-state index contributed by atoms with van der Waals surface area (Å²) in [6.45, 7) is 2.40. The average molecular weight is 272 g/mol. The minimum atomic E-state index is 0.634. The van der Waals surface area contributed by atoms with E-state index in [9.17, 15) is 0 Å². The lowest BCUT2D eigenvalue weighted by Crippen LogP contribution is -2.36. The molecule has 1 aromatic carbocycles. The zero-order valence-corrected chi connectivity index (χ0v) is 12.1. The molecule has 100 valence electrons. The fourth-order valence-electron chi connectivity index (χ4n) is 2.55. The van der Waals surface area contributed by atoms with Gasteiger partial charge in [0.05, 0.1) is 0 Å². The molecule has 0 unspecified atom stereocenters. The van der Waals surface area contributed by atoms with Gasteiger partial charge in [0.15, 0.2) is 0 Å². The summed E-state index contributed by atoms with van der Waals surface area (Å²) in [7, 11) is 2.20. The highest BCUT2D eigenvalue weighted by atomic mass is 32.1. The van der Waals surface area contributed by atoms with Crippen LogP contribution in [0.5, 0.6) is 0 Å². The Labute approximate surface area is 119 Å². The van der Waals surface area contributed by atoms with Crippen LogP contribution in [0.2, 0.25) is 0 Å². The number of hydrogen-bond acceptors (Lipinski definition) is 3. The first-order valence-electron chi connectivity index (χ1n) is 6.90. The number of hydrogen-bond donors (Lipinski definition) is 1. The number of nitrogens with zero attached hydrogens (tertiary/aromatic N) is 1. The number of nitrogens with one attached hydrogen (secondary N) is 1. The largest absolute Gasteiger partial charge is 0.382 e. The molecule has 1 fully saturated rings. The monoisotopic (exact) mass is 272 g/mol. The van der Waals surface area contributed by atoms with Crippen molar-refractivity contribution in [2.24, 2.45) is 0 Å². The summed E-state index contributed by atoms with van der Waals surface area (Å²) >= 11 is 1.82. The second-order valence-corrected chi connectivity index (χ2v) is 6.20. The van der Waals surface area contributed by atoms with E-state index in [2.05, 4.69) is 59.0 Å². The van der Waals surface area contributed by atoms with Crippen molar-refractivity contribution < 1.29 is 0 Å². The maximum absolute atomic E-state index is 3.68. The van der Waals surface area contributed by atoms with Gasteiger partial charge in [-0.15, -0.1) is 11.3 Å². The average Bonchev–Trinajstić information content (AvgIpc) is 2.91. The van der Waals surface area contributed by atoms with Gasteiger partial charge in [-0.1, -0.05) is 30.3 Å². The number of thiophene rings is 1. The molecule has 1 aromatic heterocycles. The van der Waals surface area contributed by atoms with Crippen molar-refractivity contribution in [2.45, 2.75) is 18.9 Å². The summed E-state index contributed by atoms with van der Waals surface area (Å²) < 4.78 is 0. The Bertz CT molecular complexity index is 513. The van der Waals surface area contributed by atoms with Crippen LogP contribution in [0.4, 0.5) is 5.69 Å². The minimum absolute atomic E-state index is 0.634. The Hall–Kier alpha value is -1.32. The third kappa shape index (κ3) is 3.17. The fraction of sp³-hybridized carbons (Fsp3) is 0.375. The first-order chi connectivity index (χ1) is 9.31. The molecule has 3 rings (SSSR count). The molecule has 1 aliphatic heterocycles. The highest BCUT2D eigenvalue weighted by Gasteiger charge is 2.16. The van der Waals surface area contributed by atoms with Crippen LogP contribution in [0, 0.1) is 0 Å². The lowest BCUT2D eigenvalue weighted by molar-refractivity contribution is 0.264. The predicted molar refractivity (Wildman–Crippen MR) is 83.9 cm³/mol. The summed E-state index contributed by atoms with van der Waals surface area (Å²) in [5.74, 6) is 0. The molecule has 3 heteroatoms. The molecule has 0 spiro atoms. The third-order valence-corrected chi connectivity index (χ3v) is 4.73. The Morgan fingerprint density at radius 3 is 2.63 bits per heavy atom. The zero-order valence-electron chi connectivity index (χ0n) is 11.3. The van der Waals surface area contributed by atoms with Crippen LogP contribution in [0.1, 0.15) is 12.8 Å². The number of likely N-dealkylation sites (tertiary alicyclic amines) is 1. The molecular weight excluding hydrogens is 252 g/mol. The highest BCUT2D eigenvalue weighted by Crippen LogP contribution is 2.30. The molecule has 2 nitrogen and oxygen atoms in total. The van der Waals surface area contributed by atoms with Gasteiger partial charge in [-0.2, -0.15) is 0 Å². The van der Waals surface area contributed by atoms with Crippen LogP contribution in [0.25, 0.3) is 10.4 Å². The van der Waals surface area contributed by atoms with Crippen molar-refractivity contribution in [3.63, 3.8) is 0 Å². The molecular formula is C16H20N2S. The van der Waals surface area contributed by atoms with Crippen molar-refractivity contribution in [1.82, 2.24) is 4.90 Å². The maximum atomic E-state index is 3.68. The van der Waals surface area contributed by atoms with Gasteiger partial charge in [-0.25, -0.2) is 0 Å². The lowest BCUT2D eigenvalue weighted by Gasteiger charge is -2.29. The van der Waals surface area contributed by atoms with Crippen molar-refractivity contribution in [1.29, 1.82) is 0 Å². The first kappa shape index (κ1) is 12.7. The van der Waals surface area contributed by atoms with Gasteiger partial charge in [0.25, 0.3) is 0 Å². The minimum Gasteiger partial charge on any atom is -0.382 e. The van der Waals surface area contributed by atoms with E-state index < -0.39 is 0 Å². The van der Waals surface area contributed by atoms with Crippen molar-refractivity contribution in [3.8, 4) is 10.4 Å². The van der Waals surface area contributed by atoms with Crippen LogP contribution in [0.15, 0.2) is 41.8 Å². The molecule has 2 aromatic rings. The van der Waals surface area contributed by atoms with Crippen molar-refractivity contribution >= 4 is 17.0 Å². The van der Waals surface area contributed by atoms with Gasteiger partial charge in [0, 0.05) is 22.0 Å². The van der Waals surface area contributed by atoms with Gasteiger partial charge in [0.2, 0.25) is 0 Å². The standard InChI is InChI=1S/C16H20N2S/c1-18-9-7-14(8-10-18)17-15-11-16(19-12-15)13-5-3-2-4-6-13/h2-6,11-12,14,17H,7-10H2,1H3. The Kier molecular flexibility index (Phi) is 3.85. The molecule has 1 N–H and O–H groups in total. The van der Waals surface area contributed by atoms with Gasteiger partial charge in [-0.3, -0.25) is 0 Å². The molecule has 0 aliphatic carbocycles. The first-order valence-corrected chi connectivity index (χ1v) is 7.78. The summed E-state index contributed by atoms with van der Waals surface area (Å²) in [4.78, 5) is 3.75. The van der Waals surface area contributed by atoms with Gasteiger partial charge in [-0.05, 0) is 44.6 Å². The smallest absolute Gasteiger partial charge is 0.0457 e. The summed E-state index contributed by atoms with van der Waals surface area (Å²) in [5, 5.41) is 5.91. The number of benzene rings is 1. The molecule has 1 aliphatic rings. The summed E-state index contributed by atoms with van der Waals surface area (Å²) in [6.07, 6.45) is 2.49. The third-order valence-electron chi connectivity index (χ3n) is 3.75. The molecule has 0 bridgehead atoms. The van der Waals surface area contributed by atoms with Gasteiger partial charge in [0.1, 0.15) is 0 Å². The number of anilines is 1. The van der Waals surface area contributed by atoms with E-state index >= 15 is 0 Å². The number of piperidine rings is 1. The van der Waals surface area contributed by atoms with Crippen LogP contribution < -0.4 is 5.32 Å².